The van der Waals surface area contributed by atoms with Crippen LogP contribution in [-0.4, -0.2) is 54.0 Å². The molecule has 0 fully saturated rings. The highest BCUT2D eigenvalue weighted by atomic mass is 35.5. The second kappa shape index (κ2) is 12.4. The molecule has 0 saturated heterocycles. The molecule has 3 amide bonds. The zero-order chi connectivity index (χ0) is 29.0. The van der Waals surface area contributed by atoms with Gasteiger partial charge in [-0.25, -0.2) is 12.7 Å². The van der Waals surface area contributed by atoms with E-state index < -0.39 is 40.3 Å². The molecule has 0 aliphatic carbocycles. The maximum atomic E-state index is 14.0. The fourth-order valence-corrected chi connectivity index (χ4v) is 6.27. The number of halogens is 2. The Morgan fingerprint density at radius 1 is 0.950 bits per heavy atom. The van der Waals surface area contributed by atoms with Crippen molar-refractivity contribution in [1.29, 1.82) is 0 Å². The fourth-order valence-electron chi connectivity index (χ4n) is 4.43. The molecule has 0 aromatic heterocycles. The Balaban J connectivity index is 1.73. The first-order valence-corrected chi connectivity index (χ1v) is 15.0. The van der Waals surface area contributed by atoms with Crippen LogP contribution in [0.15, 0.2) is 77.7 Å². The molecule has 0 spiro atoms. The van der Waals surface area contributed by atoms with Gasteiger partial charge in [0.2, 0.25) is 11.8 Å². The highest BCUT2D eigenvalue weighted by Gasteiger charge is 2.43. The molecule has 4 rings (SSSR count). The van der Waals surface area contributed by atoms with Crippen LogP contribution in [0.3, 0.4) is 0 Å². The lowest BCUT2D eigenvalue weighted by molar-refractivity contribution is -0.141. The highest BCUT2D eigenvalue weighted by Crippen LogP contribution is 2.30. The van der Waals surface area contributed by atoms with E-state index in [1.807, 2.05) is 44.2 Å². The smallest absolute Gasteiger partial charge is 0.269 e. The van der Waals surface area contributed by atoms with Crippen LogP contribution in [-0.2, 0) is 32.6 Å². The predicted molar refractivity (Wildman–Crippen MR) is 154 cm³/mol. The van der Waals surface area contributed by atoms with Crippen LogP contribution in [0.4, 0.5) is 0 Å². The average Bonchev–Trinajstić information content (AvgIpc) is 3.13. The first kappa shape index (κ1) is 29.6. The number of hydrogen-bond acceptors (Lipinski definition) is 5. The molecular formula is C29H29Cl2N3O5S. The van der Waals surface area contributed by atoms with Crippen molar-refractivity contribution in [2.75, 3.05) is 6.54 Å². The van der Waals surface area contributed by atoms with Crippen molar-refractivity contribution in [1.82, 2.24) is 14.5 Å². The van der Waals surface area contributed by atoms with Crippen LogP contribution in [0.2, 0.25) is 10.0 Å². The van der Waals surface area contributed by atoms with Crippen molar-refractivity contribution in [2.45, 2.75) is 50.2 Å². The quantitative estimate of drug-likeness (QED) is 0.363. The molecule has 1 heterocycles. The summed E-state index contributed by atoms with van der Waals surface area (Å²) in [4.78, 5) is 41.8. The van der Waals surface area contributed by atoms with Crippen LogP contribution < -0.4 is 5.32 Å². The van der Waals surface area contributed by atoms with E-state index in [9.17, 15) is 22.8 Å². The van der Waals surface area contributed by atoms with Gasteiger partial charge in [-0.15, -0.1) is 0 Å². The normalized spacial score (nSPS) is 15.3. The van der Waals surface area contributed by atoms with Crippen molar-refractivity contribution in [3.63, 3.8) is 0 Å². The number of benzene rings is 3. The van der Waals surface area contributed by atoms with E-state index in [2.05, 4.69) is 5.32 Å². The van der Waals surface area contributed by atoms with Gasteiger partial charge in [-0.05, 0) is 48.7 Å². The number of rotatable bonds is 10. The lowest BCUT2D eigenvalue weighted by Gasteiger charge is -2.33. The average molecular weight is 603 g/mol. The van der Waals surface area contributed by atoms with Crippen molar-refractivity contribution < 1.29 is 22.8 Å². The summed E-state index contributed by atoms with van der Waals surface area (Å²) in [6.45, 7) is 2.95. The van der Waals surface area contributed by atoms with Gasteiger partial charge in [0.05, 0.1) is 15.6 Å². The molecule has 2 atom stereocenters. The van der Waals surface area contributed by atoms with Crippen LogP contribution in [0, 0.1) is 0 Å². The van der Waals surface area contributed by atoms with Crippen LogP contribution in [0.25, 0.3) is 0 Å². The zero-order valence-electron chi connectivity index (χ0n) is 22.0. The van der Waals surface area contributed by atoms with Crippen LogP contribution >= 0.6 is 23.2 Å². The summed E-state index contributed by atoms with van der Waals surface area (Å²) in [6, 6.07) is 18.7. The Labute approximate surface area is 243 Å². The molecule has 40 heavy (non-hydrogen) atoms. The molecule has 0 bridgehead atoms. The Morgan fingerprint density at radius 2 is 1.62 bits per heavy atom. The summed E-state index contributed by atoms with van der Waals surface area (Å²) >= 11 is 12.3. The number of carbonyl (C=O) groups excluding carboxylic acids is 3. The molecule has 11 heteroatoms. The van der Waals surface area contributed by atoms with Gasteiger partial charge < -0.3 is 10.2 Å². The van der Waals surface area contributed by atoms with Gasteiger partial charge in [0.25, 0.3) is 15.9 Å². The molecule has 8 nitrogen and oxygen atoms in total. The first-order chi connectivity index (χ1) is 19.0. The largest absolute Gasteiger partial charge is 0.352 e. The van der Waals surface area contributed by atoms with E-state index in [1.165, 1.54) is 23.1 Å². The molecule has 0 radical (unpaired) electrons. The topological polar surface area (TPSA) is 104 Å². The van der Waals surface area contributed by atoms with Gasteiger partial charge in [-0.3, -0.25) is 14.4 Å². The molecule has 1 aliphatic heterocycles. The van der Waals surface area contributed by atoms with E-state index >= 15 is 0 Å². The molecule has 3 aromatic carbocycles. The zero-order valence-corrected chi connectivity index (χ0v) is 24.3. The number of carbonyl (C=O) groups is 3. The second-order valence-corrected chi connectivity index (χ2v) is 12.3. The lowest BCUT2D eigenvalue weighted by atomic mass is 10.0. The van der Waals surface area contributed by atoms with Crippen molar-refractivity contribution in [3.05, 3.63) is 99.5 Å². The third kappa shape index (κ3) is 6.32. The molecule has 2 unspecified atom stereocenters. The number of nitrogens with zero attached hydrogens (tertiary/aromatic N) is 2. The van der Waals surface area contributed by atoms with E-state index in [-0.39, 0.29) is 34.5 Å². The molecule has 210 valence electrons. The summed E-state index contributed by atoms with van der Waals surface area (Å²) < 4.78 is 27.0. The molecular weight excluding hydrogens is 573 g/mol. The summed E-state index contributed by atoms with van der Waals surface area (Å²) in [5.74, 6) is -1.90. The van der Waals surface area contributed by atoms with Gasteiger partial charge in [0.1, 0.15) is 17.5 Å². The molecule has 1 N–H and O–H groups in total. The standard InChI is InChI=1S/C29H29Cl2N3O5S/c1-3-19(2)32-28(36)25(16-20-9-5-4-6-10-20)33(17-21-13-14-23(30)24(31)15-21)27(35)18-34-29(37)22-11-7-8-12-26(22)40(34,38)39/h4-15,19,25H,3,16-18H2,1-2H3,(H,32,36). The summed E-state index contributed by atoms with van der Waals surface area (Å²) in [5, 5.41) is 3.54. The number of amides is 3. The van der Waals surface area contributed by atoms with Crippen molar-refractivity contribution in [3.8, 4) is 0 Å². The van der Waals surface area contributed by atoms with Gasteiger partial charge in [-0.1, -0.05) is 78.7 Å². The van der Waals surface area contributed by atoms with Gasteiger partial charge in [0, 0.05) is 19.0 Å². The summed E-state index contributed by atoms with van der Waals surface area (Å²) in [7, 11) is -4.24. The lowest BCUT2D eigenvalue weighted by Crippen LogP contribution is -2.54. The number of hydrogen-bond donors (Lipinski definition) is 1. The highest BCUT2D eigenvalue weighted by molar-refractivity contribution is 7.90. The molecule has 0 saturated carbocycles. The van der Waals surface area contributed by atoms with Crippen molar-refractivity contribution >= 4 is 50.9 Å². The number of sulfonamides is 1. The fraction of sp³-hybridized carbons (Fsp3) is 0.276. The van der Waals surface area contributed by atoms with E-state index in [0.29, 0.717) is 21.3 Å². The Kier molecular flexibility index (Phi) is 9.18. The molecule has 1 aliphatic rings. The monoisotopic (exact) mass is 601 g/mol. The van der Waals surface area contributed by atoms with Gasteiger partial charge in [-0.2, -0.15) is 0 Å². The minimum Gasteiger partial charge on any atom is -0.352 e. The van der Waals surface area contributed by atoms with E-state index in [1.54, 1.807) is 24.3 Å². The predicted octanol–water partition coefficient (Wildman–Crippen LogP) is 4.69. The molecule has 3 aromatic rings. The third-order valence-electron chi connectivity index (χ3n) is 6.80. The van der Waals surface area contributed by atoms with E-state index in [0.717, 1.165) is 5.56 Å². The first-order valence-electron chi connectivity index (χ1n) is 12.8. The summed E-state index contributed by atoms with van der Waals surface area (Å²) in [6.07, 6.45) is 0.834. The summed E-state index contributed by atoms with van der Waals surface area (Å²) in [5.41, 5.74) is 1.38. The van der Waals surface area contributed by atoms with Crippen molar-refractivity contribution in [2.24, 2.45) is 0 Å². The Hall–Kier alpha value is -3.40. The van der Waals surface area contributed by atoms with E-state index in [4.69, 9.17) is 23.2 Å². The van der Waals surface area contributed by atoms with Gasteiger partial charge >= 0.3 is 0 Å². The number of fused-ring (bicyclic) bond motifs is 1. The van der Waals surface area contributed by atoms with Gasteiger partial charge in [0.15, 0.2) is 0 Å². The maximum absolute atomic E-state index is 14.0. The second-order valence-electron chi connectivity index (χ2n) is 9.61. The minimum atomic E-state index is -4.24. The minimum absolute atomic E-state index is 0.00156. The SMILES string of the molecule is CCC(C)NC(=O)C(Cc1ccccc1)N(Cc1ccc(Cl)c(Cl)c1)C(=O)CN1C(=O)c2ccccc2S1(=O)=O. The van der Waals surface area contributed by atoms with Crippen LogP contribution in [0.1, 0.15) is 41.8 Å². The Bertz CT molecular complexity index is 1530. The maximum Gasteiger partial charge on any atom is 0.269 e. The Morgan fingerprint density at radius 3 is 2.27 bits per heavy atom. The third-order valence-corrected chi connectivity index (χ3v) is 9.33. The number of nitrogens with one attached hydrogen (secondary N) is 1. The van der Waals surface area contributed by atoms with Crippen LogP contribution in [0.5, 0.6) is 0 Å².